The van der Waals surface area contributed by atoms with E-state index in [1.165, 1.54) is 21.2 Å². The first-order valence-electron chi connectivity index (χ1n) is 7.52. The summed E-state index contributed by atoms with van der Waals surface area (Å²) >= 11 is 1.77. The fourth-order valence-corrected chi connectivity index (χ4v) is 4.53. The van der Waals surface area contributed by atoms with E-state index in [4.69, 9.17) is 0 Å². The van der Waals surface area contributed by atoms with Crippen LogP contribution >= 0.6 is 11.3 Å². The third-order valence-electron chi connectivity index (χ3n) is 4.60. The lowest BCUT2D eigenvalue weighted by atomic mass is 9.76. The molecule has 2 aromatic carbocycles. The summed E-state index contributed by atoms with van der Waals surface area (Å²) in [5.41, 5.74) is 3.01. The zero-order chi connectivity index (χ0) is 14.3. The van der Waals surface area contributed by atoms with Crippen molar-refractivity contribution in [2.24, 2.45) is 0 Å². The van der Waals surface area contributed by atoms with Gasteiger partial charge in [-0.05, 0) is 52.8 Å². The lowest BCUT2D eigenvalue weighted by molar-refractivity contribution is 0.0194. The summed E-state index contributed by atoms with van der Waals surface area (Å²) in [4.78, 5) is 0. The van der Waals surface area contributed by atoms with Gasteiger partial charge >= 0.3 is 0 Å². The van der Waals surface area contributed by atoms with Crippen LogP contribution in [0.1, 0.15) is 29.5 Å². The molecule has 0 saturated heterocycles. The minimum Gasteiger partial charge on any atom is -0.385 e. The molecule has 1 N–H and O–H groups in total. The Balaban J connectivity index is 1.77. The predicted octanol–water partition coefficient (Wildman–Crippen LogP) is 4.67. The van der Waals surface area contributed by atoms with Crippen LogP contribution in [-0.2, 0) is 18.4 Å². The van der Waals surface area contributed by atoms with Crippen molar-refractivity contribution in [2.75, 3.05) is 0 Å². The van der Waals surface area contributed by atoms with Gasteiger partial charge in [0.15, 0.2) is 0 Å². The van der Waals surface area contributed by atoms with Crippen LogP contribution in [0.4, 0.5) is 0 Å². The Morgan fingerprint density at radius 3 is 2.81 bits per heavy atom. The second-order valence-electron chi connectivity index (χ2n) is 5.98. The van der Waals surface area contributed by atoms with Gasteiger partial charge in [-0.25, -0.2) is 0 Å². The second-order valence-corrected chi connectivity index (χ2v) is 6.89. The normalized spacial score (nSPS) is 21.4. The Morgan fingerprint density at radius 2 is 1.86 bits per heavy atom. The molecule has 1 aromatic heterocycles. The summed E-state index contributed by atoms with van der Waals surface area (Å²) in [6.45, 7) is 0. The van der Waals surface area contributed by atoms with Gasteiger partial charge < -0.3 is 5.11 Å². The molecule has 4 rings (SSSR count). The van der Waals surface area contributed by atoms with E-state index in [2.05, 4.69) is 47.8 Å². The average molecular weight is 294 g/mol. The Kier molecular flexibility index (Phi) is 3.09. The Hall–Kier alpha value is -1.64. The molecule has 0 fully saturated rings. The standard InChI is InChI=1S/C19H18OS/c20-19(11-5-7-14-6-1-3-9-17(14)19)12-15-13-21-18-10-4-2-8-16(15)18/h1-4,6,8-10,13,20H,5,7,11-12H2. The highest BCUT2D eigenvalue weighted by Gasteiger charge is 2.34. The molecule has 0 radical (unpaired) electrons. The van der Waals surface area contributed by atoms with Crippen molar-refractivity contribution < 1.29 is 5.11 Å². The van der Waals surface area contributed by atoms with Gasteiger partial charge in [0.05, 0.1) is 5.60 Å². The van der Waals surface area contributed by atoms with E-state index in [1.54, 1.807) is 11.3 Å². The highest BCUT2D eigenvalue weighted by atomic mass is 32.1. The van der Waals surface area contributed by atoms with Crippen molar-refractivity contribution in [3.8, 4) is 0 Å². The largest absolute Gasteiger partial charge is 0.385 e. The number of fused-ring (bicyclic) bond motifs is 2. The first-order chi connectivity index (χ1) is 10.3. The maximum Gasteiger partial charge on any atom is 0.0940 e. The Morgan fingerprint density at radius 1 is 1.05 bits per heavy atom. The van der Waals surface area contributed by atoms with Crippen LogP contribution in [0, 0.1) is 0 Å². The molecule has 106 valence electrons. The third-order valence-corrected chi connectivity index (χ3v) is 5.61. The highest BCUT2D eigenvalue weighted by molar-refractivity contribution is 7.17. The fourth-order valence-electron chi connectivity index (χ4n) is 3.57. The van der Waals surface area contributed by atoms with Gasteiger partial charge in [-0.3, -0.25) is 0 Å². The Bertz CT molecular complexity index is 789. The van der Waals surface area contributed by atoms with Crippen LogP contribution in [0.15, 0.2) is 53.9 Å². The zero-order valence-electron chi connectivity index (χ0n) is 11.9. The van der Waals surface area contributed by atoms with Gasteiger partial charge in [0, 0.05) is 11.1 Å². The van der Waals surface area contributed by atoms with Gasteiger partial charge in [0.2, 0.25) is 0 Å². The van der Waals surface area contributed by atoms with E-state index in [-0.39, 0.29) is 0 Å². The fraction of sp³-hybridized carbons (Fsp3) is 0.263. The monoisotopic (exact) mass is 294 g/mol. The van der Waals surface area contributed by atoms with E-state index in [9.17, 15) is 5.11 Å². The first-order valence-corrected chi connectivity index (χ1v) is 8.40. The Labute approximate surface area is 128 Å². The maximum atomic E-state index is 11.3. The number of aryl methyl sites for hydroxylation is 1. The molecule has 0 spiro atoms. The number of aliphatic hydroxyl groups is 1. The zero-order valence-corrected chi connectivity index (χ0v) is 12.7. The van der Waals surface area contributed by atoms with Crippen molar-refractivity contribution in [3.05, 3.63) is 70.6 Å². The summed E-state index contributed by atoms with van der Waals surface area (Å²) in [6, 6.07) is 16.9. The van der Waals surface area contributed by atoms with Gasteiger partial charge in [0.1, 0.15) is 0 Å². The minimum absolute atomic E-state index is 0.710. The van der Waals surface area contributed by atoms with Crippen molar-refractivity contribution in [3.63, 3.8) is 0 Å². The van der Waals surface area contributed by atoms with Gasteiger partial charge in [-0.1, -0.05) is 42.5 Å². The van der Waals surface area contributed by atoms with E-state index >= 15 is 0 Å². The summed E-state index contributed by atoms with van der Waals surface area (Å²) in [5.74, 6) is 0. The van der Waals surface area contributed by atoms with Gasteiger partial charge in [-0.15, -0.1) is 11.3 Å². The van der Waals surface area contributed by atoms with E-state index in [0.29, 0.717) is 6.42 Å². The van der Waals surface area contributed by atoms with Crippen LogP contribution < -0.4 is 0 Å². The van der Waals surface area contributed by atoms with Crippen LogP contribution in [0.25, 0.3) is 10.1 Å². The topological polar surface area (TPSA) is 20.2 Å². The van der Waals surface area contributed by atoms with E-state index in [1.807, 2.05) is 6.07 Å². The summed E-state index contributed by atoms with van der Waals surface area (Å²) in [6.07, 6.45) is 3.72. The molecule has 1 aliphatic rings. The van der Waals surface area contributed by atoms with Crippen LogP contribution in [0.3, 0.4) is 0 Å². The molecular formula is C19H18OS. The van der Waals surface area contributed by atoms with Crippen molar-refractivity contribution >= 4 is 21.4 Å². The third kappa shape index (κ3) is 2.19. The molecule has 1 nitrogen and oxygen atoms in total. The summed E-state index contributed by atoms with van der Waals surface area (Å²) in [5, 5.41) is 14.8. The SMILES string of the molecule is OC1(Cc2csc3ccccc23)CCCc2ccccc21. The van der Waals surface area contributed by atoms with Crippen molar-refractivity contribution in [2.45, 2.75) is 31.3 Å². The smallest absolute Gasteiger partial charge is 0.0940 e. The molecule has 1 heterocycles. The highest BCUT2D eigenvalue weighted by Crippen LogP contribution is 2.40. The molecule has 1 unspecified atom stereocenters. The molecule has 1 aliphatic carbocycles. The summed E-state index contributed by atoms with van der Waals surface area (Å²) in [7, 11) is 0. The average Bonchev–Trinajstić information content (AvgIpc) is 2.91. The molecule has 0 saturated carbocycles. The van der Waals surface area contributed by atoms with Crippen LogP contribution in [0.2, 0.25) is 0 Å². The van der Waals surface area contributed by atoms with Crippen LogP contribution in [0.5, 0.6) is 0 Å². The lowest BCUT2D eigenvalue weighted by Crippen LogP contribution is -2.32. The van der Waals surface area contributed by atoms with Gasteiger partial charge in [-0.2, -0.15) is 0 Å². The lowest BCUT2D eigenvalue weighted by Gasteiger charge is -2.34. The number of hydrogen-bond donors (Lipinski definition) is 1. The minimum atomic E-state index is -0.710. The first kappa shape index (κ1) is 13.1. The second kappa shape index (κ2) is 4.97. The van der Waals surface area contributed by atoms with E-state index < -0.39 is 5.60 Å². The van der Waals surface area contributed by atoms with Crippen LogP contribution in [-0.4, -0.2) is 5.11 Å². The molecule has 2 heteroatoms. The van der Waals surface area contributed by atoms with Crippen molar-refractivity contribution in [1.29, 1.82) is 0 Å². The maximum absolute atomic E-state index is 11.3. The number of rotatable bonds is 2. The molecule has 21 heavy (non-hydrogen) atoms. The quantitative estimate of drug-likeness (QED) is 0.728. The predicted molar refractivity (Wildman–Crippen MR) is 88.8 cm³/mol. The number of thiophene rings is 1. The molecule has 1 atom stereocenters. The molecule has 0 amide bonds. The number of benzene rings is 2. The molecular weight excluding hydrogens is 276 g/mol. The molecule has 3 aromatic rings. The van der Waals surface area contributed by atoms with E-state index in [0.717, 1.165) is 24.8 Å². The van der Waals surface area contributed by atoms with Crippen molar-refractivity contribution in [1.82, 2.24) is 0 Å². The number of hydrogen-bond acceptors (Lipinski definition) is 2. The molecule has 0 aliphatic heterocycles. The molecule has 0 bridgehead atoms. The summed E-state index contributed by atoms with van der Waals surface area (Å²) < 4.78 is 1.31. The van der Waals surface area contributed by atoms with Gasteiger partial charge in [0.25, 0.3) is 0 Å².